The average molecular weight is 232 g/mol. The van der Waals surface area contributed by atoms with Crippen LogP contribution in [-0.4, -0.2) is 21.6 Å². The highest BCUT2D eigenvalue weighted by Crippen LogP contribution is 2.08. The highest BCUT2D eigenvalue weighted by molar-refractivity contribution is 5.20. The van der Waals surface area contributed by atoms with E-state index in [-0.39, 0.29) is 0 Å². The molecule has 2 aromatic heterocycles. The van der Waals surface area contributed by atoms with Gasteiger partial charge in [-0.05, 0) is 11.6 Å². The molecule has 5 heteroatoms. The number of methoxy groups -OCH3 is 1. The first-order chi connectivity index (χ1) is 8.29. The van der Waals surface area contributed by atoms with Gasteiger partial charge in [0, 0.05) is 38.2 Å². The molecule has 0 spiro atoms. The van der Waals surface area contributed by atoms with Crippen LogP contribution in [0, 0.1) is 0 Å². The van der Waals surface area contributed by atoms with Crippen LogP contribution in [0.4, 0.5) is 0 Å². The van der Waals surface area contributed by atoms with Gasteiger partial charge in [0.25, 0.3) is 0 Å². The molecule has 0 radical (unpaired) electrons. The summed E-state index contributed by atoms with van der Waals surface area (Å²) in [7, 11) is 3.60. The molecule has 0 fully saturated rings. The average Bonchev–Trinajstić information content (AvgIpc) is 2.76. The lowest BCUT2D eigenvalue weighted by Gasteiger charge is -2.06. The Labute approximate surface area is 100 Å². The lowest BCUT2D eigenvalue weighted by Crippen LogP contribution is -2.15. The minimum absolute atomic E-state index is 0.640. The number of nitrogens with zero attached hydrogens (tertiary/aromatic N) is 3. The standard InChI is InChI=1S/C12H16N4O/c1-16-6-5-14-11(16)9-13-8-10-3-4-15-12(7-10)17-2/h3-7,13H,8-9H2,1-2H3. The first kappa shape index (κ1) is 11.6. The van der Waals surface area contributed by atoms with Crippen LogP contribution in [0.15, 0.2) is 30.7 Å². The monoisotopic (exact) mass is 232 g/mol. The molecule has 5 nitrogen and oxygen atoms in total. The Morgan fingerprint density at radius 2 is 2.18 bits per heavy atom. The minimum atomic E-state index is 0.640. The van der Waals surface area contributed by atoms with E-state index in [1.54, 1.807) is 19.5 Å². The summed E-state index contributed by atoms with van der Waals surface area (Å²) in [6.45, 7) is 1.51. The molecule has 0 bridgehead atoms. The number of rotatable bonds is 5. The van der Waals surface area contributed by atoms with Gasteiger partial charge < -0.3 is 14.6 Å². The number of hydrogen-bond donors (Lipinski definition) is 1. The van der Waals surface area contributed by atoms with Gasteiger partial charge in [-0.1, -0.05) is 0 Å². The summed E-state index contributed by atoms with van der Waals surface area (Å²) >= 11 is 0. The molecule has 0 aliphatic rings. The lowest BCUT2D eigenvalue weighted by molar-refractivity contribution is 0.397. The largest absolute Gasteiger partial charge is 0.481 e. The summed E-state index contributed by atoms with van der Waals surface area (Å²) in [4.78, 5) is 8.31. The third kappa shape index (κ3) is 3.04. The van der Waals surface area contributed by atoms with Gasteiger partial charge in [0.1, 0.15) is 5.82 Å². The predicted octanol–water partition coefficient (Wildman–Crippen LogP) is 1.11. The van der Waals surface area contributed by atoms with Gasteiger partial charge in [0.05, 0.1) is 13.7 Å². The van der Waals surface area contributed by atoms with Crippen LogP contribution in [0.1, 0.15) is 11.4 Å². The van der Waals surface area contributed by atoms with Crippen LogP contribution in [0.3, 0.4) is 0 Å². The molecule has 1 N–H and O–H groups in total. The van der Waals surface area contributed by atoms with Gasteiger partial charge in [-0.3, -0.25) is 0 Å². The Balaban J connectivity index is 1.87. The summed E-state index contributed by atoms with van der Waals surface area (Å²) in [5.41, 5.74) is 1.14. The van der Waals surface area contributed by atoms with E-state index in [9.17, 15) is 0 Å². The van der Waals surface area contributed by atoms with Gasteiger partial charge in [0.2, 0.25) is 5.88 Å². The molecule has 90 valence electrons. The van der Waals surface area contributed by atoms with Crippen molar-refractivity contribution in [3.05, 3.63) is 42.1 Å². The van der Waals surface area contributed by atoms with E-state index in [0.29, 0.717) is 5.88 Å². The fraction of sp³-hybridized carbons (Fsp3) is 0.333. The van der Waals surface area contributed by atoms with E-state index in [4.69, 9.17) is 4.74 Å². The van der Waals surface area contributed by atoms with Crippen molar-refractivity contribution in [1.29, 1.82) is 0 Å². The van der Waals surface area contributed by atoms with E-state index in [1.165, 1.54) is 0 Å². The summed E-state index contributed by atoms with van der Waals surface area (Å²) in [5.74, 6) is 1.66. The van der Waals surface area contributed by atoms with Crippen molar-refractivity contribution in [3.8, 4) is 5.88 Å². The van der Waals surface area contributed by atoms with Crippen LogP contribution in [0.25, 0.3) is 0 Å². The molecule has 0 unspecified atom stereocenters. The van der Waals surface area contributed by atoms with Crippen LogP contribution in [0.2, 0.25) is 0 Å². The molecule has 2 heterocycles. The molecule has 0 saturated carbocycles. The van der Waals surface area contributed by atoms with E-state index in [1.807, 2.05) is 29.9 Å². The Kier molecular flexibility index (Phi) is 3.72. The number of aromatic nitrogens is 3. The van der Waals surface area contributed by atoms with Gasteiger partial charge >= 0.3 is 0 Å². The normalized spacial score (nSPS) is 10.5. The SMILES string of the molecule is COc1cc(CNCc2nccn2C)ccn1. The maximum Gasteiger partial charge on any atom is 0.213 e. The first-order valence-electron chi connectivity index (χ1n) is 5.45. The second-order valence-corrected chi connectivity index (χ2v) is 3.76. The number of ether oxygens (including phenoxy) is 1. The Bertz CT molecular complexity index is 481. The fourth-order valence-corrected chi connectivity index (χ4v) is 1.56. The molecule has 17 heavy (non-hydrogen) atoms. The molecule has 0 aliphatic carbocycles. The minimum Gasteiger partial charge on any atom is -0.481 e. The van der Waals surface area contributed by atoms with Crippen LogP contribution in [0.5, 0.6) is 5.88 Å². The number of nitrogens with one attached hydrogen (secondary N) is 1. The number of pyridine rings is 1. The lowest BCUT2D eigenvalue weighted by atomic mass is 10.2. The van der Waals surface area contributed by atoms with Crippen molar-refractivity contribution < 1.29 is 4.74 Å². The Morgan fingerprint density at radius 3 is 2.88 bits per heavy atom. The second-order valence-electron chi connectivity index (χ2n) is 3.76. The Hall–Kier alpha value is -1.88. The number of hydrogen-bond acceptors (Lipinski definition) is 4. The van der Waals surface area contributed by atoms with E-state index < -0.39 is 0 Å². The van der Waals surface area contributed by atoms with Gasteiger partial charge in [-0.2, -0.15) is 0 Å². The third-order valence-corrected chi connectivity index (χ3v) is 2.54. The van der Waals surface area contributed by atoms with Crippen LogP contribution >= 0.6 is 0 Å². The summed E-state index contributed by atoms with van der Waals surface area (Å²) in [6, 6.07) is 3.89. The molecule has 0 saturated heterocycles. The smallest absolute Gasteiger partial charge is 0.213 e. The maximum absolute atomic E-state index is 5.07. The molecular formula is C12H16N4O. The Morgan fingerprint density at radius 1 is 1.29 bits per heavy atom. The van der Waals surface area contributed by atoms with Crippen molar-refractivity contribution in [1.82, 2.24) is 19.9 Å². The van der Waals surface area contributed by atoms with E-state index in [2.05, 4.69) is 15.3 Å². The van der Waals surface area contributed by atoms with Gasteiger partial charge in [0.15, 0.2) is 0 Å². The third-order valence-electron chi connectivity index (χ3n) is 2.54. The van der Waals surface area contributed by atoms with Crippen molar-refractivity contribution in [2.24, 2.45) is 7.05 Å². The molecule has 2 rings (SSSR count). The molecule has 0 amide bonds. The highest BCUT2D eigenvalue weighted by Gasteiger charge is 2.00. The number of imidazole rings is 1. The summed E-state index contributed by atoms with van der Waals surface area (Å²) < 4.78 is 7.07. The summed E-state index contributed by atoms with van der Waals surface area (Å²) in [5, 5.41) is 3.33. The van der Waals surface area contributed by atoms with Crippen molar-refractivity contribution in [2.45, 2.75) is 13.1 Å². The maximum atomic E-state index is 5.07. The molecular weight excluding hydrogens is 216 g/mol. The zero-order chi connectivity index (χ0) is 12.1. The first-order valence-corrected chi connectivity index (χ1v) is 5.45. The molecule has 0 atom stereocenters. The van der Waals surface area contributed by atoms with Crippen molar-refractivity contribution in [3.63, 3.8) is 0 Å². The quantitative estimate of drug-likeness (QED) is 0.839. The highest BCUT2D eigenvalue weighted by atomic mass is 16.5. The topological polar surface area (TPSA) is 52.0 Å². The van der Waals surface area contributed by atoms with Crippen molar-refractivity contribution in [2.75, 3.05) is 7.11 Å². The second kappa shape index (κ2) is 5.45. The van der Waals surface area contributed by atoms with Gasteiger partial charge in [-0.25, -0.2) is 9.97 Å². The van der Waals surface area contributed by atoms with Gasteiger partial charge in [-0.15, -0.1) is 0 Å². The zero-order valence-corrected chi connectivity index (χ0v) is 10.1. The predicted molar refractivity (Wildman–Crippen MR) is 64.5 cm³/mol. The van der Waals surface area contributed by atoms with Crippen LogP contribution in [-0.2, 0) is 20.1 Å². The van der Waals surface area contributed by atoms with E-state index >= 15 is 0 Å². The molecule has 0 aliphatic heterocycles. The molecule has 2 aromatic rings. The zero-order valence-electron chi connectivity index (χ0n) is 10.1. The number of aryl methyl sites for hydroxylation is 1. The summed E-state index contributed by atoms with van der Waals surface area (Å²) in [6.07, 6.45) is 5.48. The van der Waals surface area contributed by atoms with Crippen LogP contribution < -0.4 is 10.1 Å². The van der Waals surface area contributed by atoms with Crippen molar-refractivity contribution >= 4 is 0 Å². The fourth-order valence-electron chi connectivity index (χ4n) is 1.56. The molecule has 0 aromatic carbocycles. The van der Waals surface area contributed by atoms with E-state index in [0.717, 1.165) is 24.5 Å².